The van der Waals surface area contributed by atoms with Crippen molar-refractivity contribution in [2.75, 3.05) is 31.5 Å². The Bertz CT molecular complexity index is 1530. The molecule has 8 heteroatoms. The van der Waals surface area contributed by atoms with Crippen molar-refractivity contribution in [1.82, 2.24) is 14.8 Å². The number of aryl methyl sites for hydroxylation is 1. The minimum absolute atomic E-state index is 0.0322. The fourth-order valence-corrected chi connectivity index (χ4v) is 6.16. The molecule has 3 aromatic rings. The zero-order valence-corrected chi connectivity index (χ0v) is 21.9. The molecule has 0 atom stereocenters. The first-order valence-corrected chi connectivity index (χ1v) is 13.5. The van der Waals surface area contributed by atoms with Gasteiger partial charge in [-0.25, -0.2) is 4.39 Å². The molecule has 3 aliphatic heterocycles. The highest BCUT2D eigenvalue weighted by Gasteiger charge is 2.31. The number of benzene rings is 2. The number of halogens is 1. The normalized spacial score (nSPS) is 18.8. The summed E-state index contributed by atoms with van der Waals surface area (Å²) in [5.41, 5.74) is 4.95. The minimum Gasteiger partial charge on any atom is -0.358 e. The zero-order chi connectivity index (χ0) is 27.1. The van der Waals surface area contributed by atoms with Crippen molar-refractivity contribution >= 4 is 29.2 Å². The number of carbonyl (C=O) groups excluding carboxylic acids is 2. The number of anilines is 1. The molecule has 0 spiro atoms. The maximum absolute atomic E-state index is 14.0. The van der Waals surface area contributed by atoms with Gasteiger partial charge >= 0.3 is 0 Å². The second kappa shape index (κ2) is 10.2. The van der Waals surface area contributed by atoms with Gasteiger partial charge in [0, 0.05) is 36.1 Å². The molecule has 2 fully saturated rings. The lowest BCUT2D eigenvalue weighted by atomic mass is 9.93. The molecule has 198 valence electrons. The van der Waals surface area contributed by atoms with Crippen LogP contribution in [-0.4, -0.2) is 58.8 Å². The first kappa shape index (κ1) is 25.1. The Morgan fingerprint density at radius 1 is 1.10 bits per heavy atom. The molecule has 3 aliphatic rings. The predicted molar refractivity (Wildman–Crippen MR) is 148 cm³/mol. The number of nitrogens with zero attached hydrogens (tertiary/aromatic N) is 3. The van der Waals surface area contributed by atoms with Crippen LogP contribution in [0, 0.1) is 24.1 Å². The Morgan fingerprint density at radius 3 is 2.62 bits per heavy atom. The minimum atomic E-state index is -0.590. The molecule has 0 bridgehead atoms. The van der Waals surface area contributed by atoms with Gasteiger partial charge in [0.05, 0.1) is 22.4 Å². The highest BCUT2D eigenvalue weighted by Crippen LogP contribution is 2.41. The van der Waals surface area contributed by atoms with E-state index < -0.39 is 5.82 Å². The topological polar surface area (TPSA) is 92.2 Å². The fraction of sp³-hybridized carbons (Fsp3) is 0.323. The maximum atomic E-state index is 14.0. The molecule has 2 saturated heterocycles. The summed E-state index contributed by atoms with van der Waals surface area (Å²) in [6, 6.07) is 14.1. The number of carbonyl (C=O) groups is 2. The molecular weight excluding hydrogens is 493 g/mol. The largest absolute Gasteiger partial charge is 0.358 e. The van der Waals surface area contributed by atoms with Gasteiger partial charge in [0.25, 0.3) is 11.8 Å². The van der Waals surface area contributed by atoms with Crippen LogP contribution in [0.5, 0.6) is 0 Å². The average molecular weight is 524 g/mol. The summed E-state index contributed by atoms with van der Waals surface area (Å²) in [6.07, 6.45) is 6.22. The Labute approximate surface area is 226 Å². The summed E-state index contributed by atoms with van der Waals surface area (Å²) < 4.78 is 14.0. The number of rotatable bonds is 4. The second-order valence-corrected chi connectivity index (χ2v) is 10.6. The molecular formula is C31H30FN5O2. The van der Waals surface area contributed by atoms with Crippen molar-refractivity contribution in [2.24, 2.45) is 0 Å². The van der Waals surface area contributed by atoms with E-state index in [-0.39, 0.29) is 17.4 Å². The van der Waals surface area contributed by atoms with Crippen molar-refractivity contribution in [3.8, 4) is 17.2 Å². The number of nitriles is 1. The van der Waals surface area contributed by atoms with Gasteiger partial charge in [-0.15, -0.1) is 0 Å². The Hall–Kier alpha value is -4.22. The summed E-state index contributed by atoms with van der Waals surface area (Å²) in [6.45, 7) is 5.66. The first-order chi connectivity index (χ1) is 18.9. The van der Waals surface area contributed by atoms with Gasteiger partial charge in [0.1, 0.15) is 11.9 Å². The monoisotopic (exact) mass is 523 g/mol. The molecule has 0 aliphatic carbocycles. The molecule has 1 aromatic heterocycles. The van der Waals surface area contributed by atoms with Crippen LogP contribution in [0.25, 0.3) is 22.8 Å². The highest BCUT2D eigenvalue weighted by atomic mass is 19.1. The van der Waals surface area contributed by atoms with E-state index in [9.17, 15) is 19.2 Å². The highest BCUT2D eigenvalue weighted by molar-refractivity contribution is 6.36. The summed E-state index contributed by atoms with van der Waals surface area (Å²) >= 11 is 0. The smallest absolute Gasteiger partial charge is 0.256 e. The van der Waals surface area contributed by atoms with Gasteiger partial charge in [0.2, 0.25) is 0 Å². The summed E-state index contributed by atoms with van der Waals surface area (Å²) in [4.78, 5) is 34.6. The van der Waals surface area contributed by atoms with Crippen LogP contribution < -0.4 is 5.32 Å². The lowest BCUT2D eigenvalue weighted by Crippen LogP contribution is -2.46. The third-order valence-electron chi connectivity index (χ3n) is 8.14. The van der Waals surface area contributed by atoms with Crippen LogP contribution in [0.1, 0.15) is 58.6 Å². The molecule has 0 saturated carbocycles. The lowest BCUT2D eigenvalue weighted by molar-refractivity contribution is -0.110. The second-order valence-electron chi connectivity index (χ2n) is 10.6. The van der Waals surface area contributed by atoms with Gasteiger partial charge in [0.15, 0.2) is 0 Å². The summed E-state index contributed by atoms with van der Waals surface area (Å²) in [5, 5.41) is 12.2. The number of fused-ring (bicyclic) bond motifs is 1. The quantitative estimate of drug-likeness (QED) is 0.460. The average Bonchev–Trinajstić information content (AvgIpc) is 3.68. The van der Waals surface area contributed by atoms with E-state index in [1.807, 2.05) is 42.2 Å². The van der Waals surface area contributed by atoms with Gasteiger partial charge in [-0.3, -0.25) is 9.59 Å². The van der Waals surface area contributed by atoms with Crippen LogP contribution in [0.3, 0.4) is 0 Å². The third kappa shape index (κ3) is 4.64. The number of hydrogen-bond acceptors (Lipinski definition) is 4. The van der Waals surface area contributed by atoms with E-state index >= 15 is 0 Å². The van der Waals surface area contributed by atoms with Gasteiger partial charge in [-0.05, 0) is 87.2 Å². The number of piperidine rings is 1. The standard InChI is InChI=1S/C31H30FN5O2/c1-19-15-24(31(39)37-13-9-22(10-14-37)36-11-2-3-12-36)28(34-19)17-25-29-23(5-4-6-27(29)35-30(25)38)20-7-8-26(32)21(16-20)18-33/h4-8,15-17,22,34H,2-3,9-14H2,1H3,(H,35,38). The predicted octanol–water partition coefficient (Wildman–Crippen LogP) is 5.19. The van der Waals surface area contributed by atoms with Crippen molar-refractivity contribution in [2.45, 2.75) is 38.6 Å². The molecule has 2 aromatic carbocycles. The van der Waals surface area contributed by atoms with E-state index in [2.05, 4.69) is 15.2 Å². The molecule has 2 N–H and O–H groups in total. The zero-order valence-electron chi connectivity index (χ0n) is 21.9. The number of amides is 2. The number of aromatic amines is 1. The van der Waals surface area contributed by atoms with Crippen LogP contribution in [0.2, 0.25) is 0 Å². The Morgan fingerprint density at radius 2 is 1.87 bits per heavy atom. The number of likely N-dealkylation sites (tertiary alicyclic amines) is 2. The van der Waals surface area contributed by atoms with Gasteiger partial charge < -0.3 is 20.1 Å². The molecule has 4 heterocycles. The van der Waals surface area contributed by atoms with Gasteiger partial charge in [-0.2, -0.15) is 5.26 Å². The molecule has 0 radical (unpaired) electrons. The fourth-order valence-electron chi connectivity index (χ4n) is 6.16. The lowest BCUT2D eigenvalue weighted by Gasteiger charge is -2.36. The first-order valence-electron chi connectivity index (χ1n) is 13.5. The van der Waals surface area contributed by atoms with Crippen molar-refractivity contribution in [1.29, 1.82) is 5.26 Å². The van der Waals surface area contributed by atoms with E-state index in [0.29, 0.717) is 45.3 Å². The molecule has 2 amide bonds. The maximum Gasteiger partial charge on any atom is 0.256 e. The van der Waals surface area contributed by atoms with E-state index in [1.54, 1.807) is 12.1 Å². The molecule has 0 unspecified atom stereocenters. The van der Waals surface area contributed by atoms with E-state index in [0.717, 1.165) is 44.7 Å². The van der Waals surface area contributed by atoms with Crippen LogP contribution >= 0.6 is 0 Å². The SMILES string of the molecule is Cc1cc(C(=O)N2CCC(N3CCCC3)CC2)c(C=C2C(=O)Nc3cccc(-c4ccc(F)c(C#N)c4)c32)[nH]1. The number of hydrogen-bond donors (Lipinski definition) is 2. The van der Waals surface area contributed by atoms with Crippen molar-refractivity contribution < 1.29 is 14.0 Å². The van der Waals surface area contributed by atoms with Gasteiger partial charge in [-0.1, -0.05) is 18.2 Å². The van der Waals surface area contributed by atoms with Crippen molar-refractivity contribution in [3.63, 3.8) is 0 Å². The summed E-state index contributed by atoms with van der Waals surface area (Å²) in [7, 11) is 0. The molecule has 6 rings (SSSR count). The van der Waals surface area contributed by atoms with Crippen molar-refractivity contribution in [3.05, 3.63) is 76.4 Å². The van der Waals surface area contributed by atoms with E-state index in [1.165, 1.54) is 25.0 Å². The number of aromatic nitrogens is 1. The van der Waals surface area contributed by atoms with Crippen LogP contribution in [0.4, 0.5) is 10.1 Å². The Kier molecular flexibility index (Phi) is 6.53. The number of nitrogens with one attached hydrogen (secondary N) is 2. The molecule has 39 heavy (non-hydrogen) atoms. The Balaban J connectivity index is 1.32. The summed E-state index contributed by atoms with van der Waals surface area (Å²) in [5.74, 6) is -0.902. The van der Waals surface area contributed by atoms with Crippen LogP contribution in [-0.2, 0) is 4.79 Å². The van der Waals surface area contributed by atoms with Crippen LogP contribution in [0.15, 0.2) is 42.5 Å². The number of H-pyrrole nitrogens is 1. The third-order valence-corrected chi connectivity index (χ3v) is 8.14. The molecule has 7 nitrogen and oxygen atoms in total. The van der Waals surface area contributed by atoms with E-state index in [4.69, 9.17) is 0 Å².